The molecule has 0 aliphatic carbocycles. The summed E-state index contributed by atoms with van der Waals surface area (Å²) in [7, 11) is 0. The summed E-state index contributed by atoms with van der Waals surface area (Å²) in [5.74, 6) is -1.02. The van der Waals surface area contributed by atoms with Crippen molar-refractivity contribution in [2.75, 3.05) is 0 Å². The van der Waals surface area contributed by atoms with Gasteiger partial charge in [-0.15, -0.1) is 0 Å². The van der Waals surface area contributed by atoms with Crippen LogP contribution in [0.1, 0.15) is 15.9 Å². The van der Waals surface area contributed by atoms with Crippen LogP contribution in [0.25, 0.3) is 10.5 Å². The van der Waals surface area contributed by atoms with Gasteiger partial charge in [0.25, 0.3) is 0 Å². The number of hydrogen-bond acceptors (Lipinski definition) is 2. The zero-order valence-electron chi connectivity index (χ0n) is 9.08. The first-order chi connectivity index (χ1) is 8.11. The quantitative estimate of drug-likeness (QED) is 0.801. The van der Waals surface area contributed by atoms with Crippen LogP contribution in [0.15, 0.2) is 30.6 Å². The predicted octanol–water partition coefficient (Wildman–Crippen LogP) is 2.43. The van der Waals surface area contributed by atoms with Crippen LogP contribution in [-0.4, -0.2) is 20.9 Å². The van der Waals surface area contributed by atoms with Crippen molar-refractivity contribution in [3.8, 4) is 5.69 Å². The fourth-order valence-corrected chi connectivity index (χ4v) is 1.44. The highest BCUT2D eigenvalue weighted by Crippen LogP contribution is 2.22. The molecule has 0 radical (unpaired) electrons. The third-order valence-corrected chi connectivity index (χ3v) is 2.41. The molecule has 0 saturated carbocycles. The molecule has 0 aliphatic rings. The van der Waals surface area contributed by atoms with Crippen molar-refractivity contribution in [3.63, 3.8) is 0 Å². The number of carbonyl (C=O) groups is 1. The van der Waals surface area contributed by atoms with E-state index in [-0.39, 0.29) is 5.56 Å². The van der Waals surface area contributed by atoms with Crippen molar-refractivity contribution in [2.24, 2.45) is 0 Å². The number of hydrogen-bond donors (Lipinski definition) is 1. The van der Waals surface area contributed by atoms with Gasteiger partial charge < -0.3 is 5.11 Å². The number of carboxylic acid groups (broad SMARTS) is 1. The monoisotopic (exact) mass is 227 g/mol. The van der Waals surface area contributed by atoms with Gasteiger partial charge in [-0.25, -0.2) is 14.3 Å². The molecular weight excluding hydrogens is 218 g/mol. The molecule has 0 fully saturated rings. The highest BCUT2D eigenvalue weighted by Gasteiger charge is 2.08. The summed E-state index contributed by atoms with van der Waals surface area (Å²) in [5, 5.41) is 12.7. The van der Waals surface area contributed by atoms with E-state index >= 15 is 0 Å². The van der Waals surface area contributed by atoms with Crippen LogP contribution in [0.5, 0.6) is 0 Å². The molecule has 1 aromatic heterocycles. The minimum atomic E-state index is -1.02. The van der Waals surface area contributed by atoms with Gasteiger partial charge in [-0.3, -0.25) is 0 Å². The summed E-state index contributed by atoms with van der Waals surface area (Å²) in [4.78, 5) is 14.1. The van der Waals surface area contributed by atoms with Crippen LogP contribution in [-0.2, 0) is 0 Å². The van der Waals surface area contributed by atoms with Crippen molar-refractivity contribution < 1.29 is 9.90 Å². The molecule has 2 aromatic rings. The number of aromatic carboxylic acids is 1. The van der Waals surface area contributed by atoms with E-state index in [0.29, 0.717) is 11.4 Å². The molecule has 17 heavy (non-hydrogen) atoms. The second-order valence-corrected chi connectivity index (χ2v) is 3.56. The second-order valence-electron chi connectivity index (χ2n) is 3.56. The first-order valence-corrected chi connectivity index (χ1v) is 4.88. The van der Waals surface area contributed by atoms with Crippen LogP contribution >= 0.6 is 0 Å². The van der Waals surface area contributed by atoms with Gasteiger partial charge in [-0.2, -0.15) is 5.10 Å². The Morgan fingerprint density at radius 3 is 2.88 bits per heavy atom. The second kappa shape index (κ2) is 4.10. The Morgan fingerprint density at radius 2 is 2.29 bits per heavy atom. The smallest absolute Gasteiger partial charge is 0.338 e. The molecule has 0 aliphatic heterocycles. The van der Waals surface area contributed by atoms with Crippen molar-refractivity contribution in [2.45, 2.75) is 6.92 Å². The lowest BCUT2D eigenvalue weighted by molar-refractivity contribution is 0.0697. The molecule has 1 heterocycles. The average Bonchev–Trinajstić information content (AvgIpc) is 2.79. The molecule has 0 spiro atoms. The minimum absolute atomic E-state index is 0.120. The molecule has 1 N–H and O–H groups in total. The number of aromatic nitrogens is 2. The lowest BCUT2D eigenvalue weighted by Crippen LogP contribution is -1.95. The normalized spacial score (nSPS) is 9.88. The van der Waals surface area contributed by atoms with E-state index in [1.807, 2.05) is 13.0 Å². The Balaban J connectivity index is 2.46. The maximum atomic E-state index is 10.7. The SMILES string of the molecule is [C-]#[N+]c1cc(-n2cc(C(=O)O)cn2)ccc1C. The molecule has 5 heteroatoms. The van der Waals surface area contributed by atoms with Crippen molar-refractivity contribution in [1.82, 2.24) is 9.78 Å². The van der Waals surface area contributed by atoms with Crippen molar-refractivity contribution >= 4 is 11.7 Å². The number of rotatable bonds is 2. The topological polar surface area (TPSA) is 59.5 Å². The van der Waals surface area contributed by atoms with E-state index in [2.05, 4.69) is 9.94 Å². The number of aryl methyl sites for hydroxylation is 1. The van der Waals surface area contributed by atoms with Crippen LogP contribution < -0.4 is 0 Å². The van der Waals surface area contributed by atoms with Gasteiger partial charge in [0, 0.05) is 6.20 Å². The Bertz CT molecular complexity index is 623. The van der Waals surface area contributed by atoms with Crippen molar-refractivity contribution in [3.05, 3.63) is 53.1 Å². The zero-order valence-corrected chi connectivity index (χ0v) is 9.08. The van der Waals surface area contributed by atoms with Gasteiger partial charge in [0.2, 0.25) is 0 Å². The Hall–Kier alpha value is -2.61. The molecule has 5 nitrogen and oxygen atoms in total. The van der Waals surface area contributed by atoms with Gasteiger partial charge in [0.15, 0.2) is 5.69 Å². The Labute approximate surface area is 97.7 Å². The third kappa shape index (κ3) is 2.01. The fraction of sp³-hybridized carbons (Fsp3) is 0.0833. The van der Waals surface area contributed by atoms with Crippen LogP contribution in [0.3, 0.4) is 0 Å². The molecule has 1 aromatic carbocycles. The molecule has 84 valence electrons. The predicted molar refractivity (Wildman–Crippen MR) is 61.5 cm³/mol. The summed E-state index contributed by atoms with van der Waals surface area (Å²) in [6, 6.07) is 5.29. The summed E-state index contributed by atoms with van der Waals surface area (Å²) < 4.78 is 1.44. The Morgan fingerprint density at radius 1 is 1.53 bits per heavy atom. The summed E-state index contributed by atoms with van der Waals surface area (Å²) in [6.45, 7) is 8.87. The van der Waals surface area contributed by atoms with E-state index in [4.69, 9.17) is 11.7 Å². The maximum Gasteiger partial charge on any atom is 0.338 e. The van der Waals surface area contributed by atoms with Gasteiger partial charge in [0.1, 0.15) is 0 Å². The maximum absolute atomic E-state index is 10.7. The fourth-order valence-electron chi connectivity index (χ4n) is 1.44. The third-order valence-electron chi connectivity index (χ3n) is 2.41. The lowest BCUT2D eigenvalue weighted by Gasteiger charge is -2.03. The highest BCUT2D eigenvalue weighted by atomic mass is 16.4. The molecular formula is C12H9N3O2. The minimum Gasteiger partial charge on any atom is -0.478 e. The van der Waals surface area contributed by atoms with Crippen LogP contribution in [0, 0.1) is 13.5 Å². The molecule has 0 unspecified atom stereocenters. The van der Waals surface area contributed by atoms with Crippen molar-refractivity contribution in [1.29, 1.82) is 0 Å². The number of nitrogens with zero attached hydrogens (tertiary/aromatic N) is 3. The van der Waals surface area contributed by atoms with E-state index < -0.39 is 5.97 Å². The van der Waals surface area contributed by atoms with E-state index in [0.717, 1.165) is 5.56 Å². The summed E-state index contributed by atoms with van der Waals surface area (Å²) in [6.07, 6.45) is 2.69. The zero-order chi connectivity index (χ0) is 12.4. The van der Waals surface area contributed by atoms with E-state index in [1.54, 1.807) is 12.1 Å². The first kappa shape index (κ1) is 10.9. The van der Waals surface area contributed by atoms with Gasteiger partial charge in [0.05, 0.1) is 24.0 Å². The van der Waals surface area contributed by atoms with E-state index in [9.17, 15) is 4.79 Å². The highest BCUT2D eigenvalue weighted by molar-refractivity contribution is 5.87. The molecule has 2 rings (SSSR count). The summed E-state index contributed by atoms with van der Waals surface area (Å²) >= 11 is 0. The lowest BCUT2D eigenvalue weighted by atomic mass is 10.2. The molecule has 0 atom stereocenters. The van der Waals surface area contributed by atoms with Gasteiger partial charge >= 0.3 is 5.97 Å². The summed E-state index contributed by atoms with van der Waals surface area (Å²) in [5.41, 5.74) is 2.22. The van der Waals surface area contributed by atoms with Crippen LogP contribution in [0.2, 0.25) is 0 Å². The molecule has 0 bridgehead atoms. The standard InChI is InChI=1S/C12H9N3O2/c1-8-3-4-10(5-11(8)13-2)15-7-9(6-14-15)12(16)17/h3-7H,1H3,(H,16,17). The van der Waals surface area contributed by atoms with Gasteiger partial charge in [-0.05, 0) is 24.6 Å². The number of carboxylic acids is 1. The van der Waals surface area contributed by atoms with Crippen LogP contribution in [0.4, 0.5) is 5.69 Å². The average molecular weight is 227 g/mol. The molecule has 0 amide bonds. The Kier molecular flexibility index (Phi) is 2.63. The van der Waals surface area contributed by atoms with E-state index in [1.165, 1.54) is 17.1 Å². The first-order valence-electron chi connectivity index (χ1n) is 4.88. The number of benzene rings is 1. The van der Waals surface area contributed by atoms with Gasteiger partial charge in [-0.1, -0.05) is 6.07 Å². The largest absolute Gasteiger partial charge is 0.478 e. The molecule has 0 saturated heterocycles.